The molecular formula is C13H11N3O2S. The minimum absolute atomic E-state index is 0.112. The maximum absolute atomic E-state index is 12.2. The first-order valence-electron chi connectivity index (χ1n) is 5.45. The third-order valence-electron chi connectivity index (χ3n) is 2.53. The molecule has 1 aromatic heterocycles. The third kappa shape index (κ3) is 2.89. The minimum Gasteiger partial charge on any atom is -0.396 e. The summed E-state index contributed by atoms with van der Waals surface area (Å²) in [5.74, 6) is -0.195. The molecule has 0 aliphatic carbocycles. The molecule has 0 spiro atoms. The summed E-state index contributed by atoms with van der Waals surface area (Å²) in [5.41, 5.74) is 6.83. The van der Waals surface area contributed by atoms with E-state index in [9.17, 15) is 8.42 Å². The Bertz CT molecular complexity index is 731. The topological polar surface area (TPSA) is 96.8 Å². The first-order chi connectivity index (χ1) is 9.03. The average Bonchev–Trinajstić information content (AvgIpc) is 2.39. The maximum Gasteiger partial charge on any atom is 0.201 e. The highest BCUT2D eigenvalue weighted by molar-refractivity contribution is 7.90. The molecule has 5 nitrogen and oxygen atoms in total. The fourth-order valence-electron chi connectivity index (χ4n) is 1.63. The van der Waals surface area contributed by atoms with Crippen molar-refractivity contribution in [2.24, 2.45) is 0 Å². The Kier molecular flexibility index (Phi) is 3.49. The molecule has 6 heteroatoms. The predicted molar refractivity (Wildman–Crippen MR) is 70.7 cm³/mol. The standard InChI is InChI=1S/C13H11N3O2S/c14-8-10-3-5-11(6-4-10)9-19(17,18)13-12(15)2-1-7-16-13/h1-7H,9,15H2. The van der Waals surface area contributed by atoms with Crippen molar-refractivity contribution < 1.29 is 8.42 Å². The normalized spacial score (nSPS) is 10.9. The molecule has 2 aromatic rings. The molecule has 1 aromatic carbocycles. The molecular weight excluding hydrogens is 262 g/mol. The zero-order chi connectivity index (χ0) is 13.9. The molecule has 0 fully saturated rings. The molecule has 0 aliphatic heterocycles. The van der Waals surface area contributed by atoms with Gasteiger partial charge in [-0.25, -0.2) is 13.4 Å². The number of hydrogen-bond donors (Lipinski definition) is 1. The van der Waals surface area contributed by atoms with Crippen LogP contribution in [0.1, 0.15) is 11.1 Å². The van der Waals surface area contributed by atoms with Crippen LogP contribution in [0.15, 0.2) is 47.6 Å². The summed E-state index contributed by atoms with van der Waals surface area (Å²) in [5, 5.41) is 8.57. The van der Waals surface area contributed by atoms with Crippen LogP contribution in [-0.2, 0) is 15.6 Å². The number of pyridine rings is 1. The molecule has 0 saturated carbocycles. The number of hydrogen-bond acceptors (Lipinski definition) is 5. The number of nitrogen functional groups attached to an aromatic ring is 1. The molecule has 0 saturated heterocycles. The van der Waals surface area contributed by atoms with Gasteiger partial charge >= 0.3 is 0 Å². The smallest absolute Gasteiger partial charge is 0.201 e. The first-order valence-corrected chi connectivity index (χ1v) is 7.10. The number of rotatable bonds is 3. The van der Waals surface area contributed by atoms with Gasteiger partial charge < -0.3 is 5.73 Å². The first kappa shape index (κ1) is 13.1. The van der Waals surface area contributed by atoms with Crippen LogP contribution in [0.5, 0.6) is 0 Å². The van der Waals surface area contributed by atoms with E-state index < -0.39 is 9.84 Å². The van der Waals surface area contributed by atoms with Gasteiger partial charge in [-0.1, -0.05) is 12.1 Å². The fraction of sp³-hybridized carbons (Fsp3) is 0.0769. The molecule has 2 rings (SSSR count). The molecule has 0 unspecified atom stereocenters. The van der Waals surface area contributed by atoms with Crippen LogP contribution in [0.25, 0.3) is 0 Å². The number of benzene rings is 1. The Morgan fingerprint density at radius 2 is 1.89 bits per heavy atom. The largest absolute Gasteiger partial charge is 0.396 e. The van der Waals surface area contributed by atoms with Crippen molar-refractivity contribution in [3.05, 3.63) is 53.7 Å². The highest BCUT2D eigenvalue weighted by Crippen LogP contribution is 2.19. The molecule has 2 N–H and O–H groups in total. The summed E-state index contributed by atoms with van der Waals surface area (Å²) in [7, 11) is -3.58. The predicted octanol–water partition coefficient (Wildman–Crippen LogP) is 1.51. The van der Waals surface area contributed by atoms with Gasteiger partial charge in [0.15, 0.2) is 5.03 Å². The van der Waals surface area contributed by atoms with Crippen molar-refractivity contribution in [1.82, 2.24) is 4.98 Å². The summed E-state index contributed by atoms with van der Waals surface area (Å²) < 4.78 is 24.3. The Morgan fingerprint density at radius 1 is 1.21 bits per heavy atom. The molecule has 0 radical (unpaired) electrons. The van der Waals surface area contributed by atoms with E-state index in [1.165, 1.54) is 12.3 Å². The van der Waals surface area contributed by atoms with Gasteiger partial charge in [0.2, 0.25) is 9.84 Å². The number of sulfone groups is 1. The van der Waals surface area contributed by atoms with Gasteiger partial charge in [0.05, 0.1) is 23.1 Å². The van der Waals surface area contributed by atoms with Crippen LogP contribution in [0.3, 0.4) is 0 Å². The molecule has 0 bridgehead atoms. The molecule has 1 heterocycles. The summed E-state index contributed by atoms with van der Waals surface area (Å²) in [6.45, 7) is 0. The summed E-state index contributed by atoms with van der Waals surface area (Å²) in [6, 6.07) is 11.4. The SMILES string of the molecule is N#Cc1ccc(CS(=O)(=O)c2ncccc2N)cc1. The lowest BCUT2D eigenvalue weighted by atomic mass is 10.2. The zero-order valence-corrected chi connectivity index (χ0v) is 10.8. The lowest BCUT2D eigenvalue weighted by Crippen LogP contribution is -2.09. The lowest BCUT2D eigenvalue weighted by molar-refractivity contribution is 0.592. The van der Waals surface area contributed by atoms with E-state index in [1.807, 2.05) is 6.07 Å². The number of anilines is 1. The van der Waals surface area contributed by atoms with E-state index in [1.54, 1.807) is 30.3 Å². The Hall–Kier alpha value is -2.39. The molecule has 0 atom stereocenters. The number of aromatic nitrogens is 1. The van der Waals surface area contributed by atoms with Crippen LogP contribution < -0.4 is 5.73 Å². The Balaban J connectivity index is 2.32. The van der Waals surface area contributed by atoms with Gasteiger partial charge in [-0.2, -0.15) is 5.26 Å². The van der Waals surface area contributed by atoms with Gasteiger partial charge in [0.1, 0.15) is 0 Å². The number of nitriles is 1. The van der Waals surface area contributed by atoms with Gasteiger partial charge in [-0.15, -0.1) is 0 Å². The van der Waals surface area contributed by atoms with Gasteiger partial charge in [0.25, 0.3) is 0 Å². The summed E-state index contributed by atoms with van der Waals surface area (Å²) in [6.07, 6.45) is 1.39. The number of nitrogens with two attached hydrogens (primary N) is 1. The second-order valence-electron chi connectivity index (χ2n) is 3.97. The molecule has 0 amide bonds. The van der Waals surface area contributed by atoms with Crippen molar-refractivity contribution in [1.29, 1.82) is 5.26 Å². The highest BCUT2D eigenvalue weighted by atomic mass is 32.2. The highest BCUT2D eigenvalue weighted by Gasteiger charge is 2.19. The molecule has 19 heavy (non-hydrogen) atoms. The van der Waals surface area contributed by atoms with Crippen LogP contribution in [0, 0.1) is 11.3 Å². The van der Waals surface area contributed by atoms with Crippen LogP contribution in [-0.4, -0.2) is 13.4 Å². The summed E-state index contributed by atoms with van der Waals surface area (Å²) >= 11 is 0. The van der Waals surface area contributed by atoms with E-state index in [0.29, 0.717) is 11.1 Å². The lowest BCUT2D eigenvalue weighted by Gasteiger charge is -2.06. The van der Waals surface area contributed by atoms with Crippen molar-refractivity contribution >= 4 is 15.5 Å². The Morgan fingerprint density at radius 3 is 2.47 bits per heavy atom. The van der Waals surface area contributed by atoms with E-state index in [4.69, 9.17) is 11.0 Å². The van der Waals surface area contributed by atoms with E-state index in [-0.39, 0.29) is 16.5 Å². The van der Waals surface area contributed by atoms with Gasteiger partial charge in [-0.05, 0) is 29.8 Å². The molecule has 96 valence electrons. The Labute approximate surface area is 111 Å². The molecule has 0 aliphatic rings. The van der Waals surface area contributed by atoms with Crippen molar-refractivity contribution in [3.8, 4) is 6.07 Å². The van der Waals surface area contributed by atoms with Crippen LogP contribution in [0.2, 0.25) is 0 Å². The van der Waals surface area contributed by atoms with Gasteiger partial charge in [-0.3, -0.25) is 0 Å². The monoisotopic (exact) mass is 273 g/mol. The van der Waals surface area contributed by atoms with Crippen LogP contribution >= 0.6 is 0 Å². The second kappa shape index (κ2) is 5.08. The number of nitrogens with zero attached hydrogens (tertiary/aromatic N) is 2. The second-order valence-corrected chi connectivity index (χ2v) is 5.87. The maximum atomic E-state index is 12.2. The van der Waals surface area contributed by atoms with Gasteiger partial charge in [0, 0.05) is 6.20 Å². The van der Waals surface area contributed by atoms with Crippen molar-refractivity contribution in [3.63, 3.8) is 0 Å². The van der Waals surface area contributed by atoms with Crippen molar-refractivity contribution in [2.45, 2.75) is 10.8 Å². The van der Waals surface area contributed by atoms with Crippen molar-refractivity contribution in [2.75, 3.05) is 5.73 Å². The fourth-order valence-corrected chi connectivity index (χ4v) is 3.04. The quantitative estimate of drug-likeness (QED) is 0.914. The average molecular weight is 273 g/mol. The van der Waals surface area contributed by atoms with E-state index in [0.717, 1.165) is 0 Å². The van der Waals surface area contributed by atoms with Crippen LogP contribution in [0.4, 0.5) is 5.69 Å². The zero-order valence-electron chi connectivity index (χ0n) is 9.95. The van der Waals surface area contributed by atoms with E-state index in [2.05, 4.69) is 4.98 Å². The van der Waals surface area contributed by atoms with E-state index >= 15 is 0 Å². The third-order valence-corrected chi connectivity index (χ3v) is 4.18. The minimum atomic E-state index is -3.58. The summed E-state index contributed by atoms with van der Waals surface area (Å²) in [4.78, 5) is 3.81.